The van der Waals surface area contributed by atoms with Crippen molar-refractivity contribution in [2.75, 3.05) is 32.8 Å². The summed E-state index contributed by atoms with van der Waals surface area (Å²) < 4.78 is 0. The van der Waals surface area contributed by atoms with Gasteiger partial charge in [-0.3, -0.25) is 15.0 Å². The molecule has 0 unspecified atom stereocenters. The minimum absolute atomic E-state index is 0.151. The molecule has 1 heterocycles. The predicted octanol–water partition coefficient (Wildman–Crippen LogP) is -1.08. The third kappa shape index (κ3) is 4.00. The van der Waals surface area contributed by atoms with Crippen LogP contribution < -0.4 is 10.6 Å². The number of carbonyl (C=O) groups excluding carboxylic acids is 2. The maximum absolute atomic E-state index is 11.3. The first-order valence-corrected chi connectivity index (χ1v) is 5.17. The van der Waals surface area contributed by atoms with Gasteiger partial charge in [0.05, 0.1) is 6.54 Å². The molecule has 6 nitrogen and oxygen atoms in total. The molecule has 6 heteroatoms. The van der Waals surface area contributed by atoms with E-state index in [1.165, 1.54) is 6.08 Å². The molecule has 0 aromatic rings. The Morgan fingerprint density at radius 3 is 2.75 bits per heavy atom. The highest BCUT2D eigenvalue weighted by Crippen LogP contribution is 2.13. The van der Waals surface area contributed by atoms with E-state index in [4.69, 9.17) is 5.11 Å². The Labute approximate surface area is 94.3 Å². The Bertz CT molecular complexity index is 274. The van der Waals surface area contributed by atoms with Crippen molar-refractivity contribution in [3.8, 4) is 0 Å². The highest BCUT2D eigenvalue weighted by molar-refractivity contribution is 5.95. The maximum atomic E-state index is 11.3. The Hall–Kier alpha value is -1.40. The molecule has 0 aromatic heterocycles. The molecule has 0 atom stereocenters. The monoisotopic (exact) mass is 227 g/mol. The normalized spacial score (nSPS) is 16.3. The summed E-state index contributed by atoms with van der Waals surface area (Å²) >= 11 is 0. The number of imide groups is 1. The lowest BCUT2D eigenvalue weighted by Crippen LogP contribution is -2.53. The number of rotatable bonds is 5. The number of nitrogens with one attached hydrogen (secondary N) is 2. The van der Waals surface area contributed by atoms with E-state index >= 15 is 0 Å². The van der Waals surface area contributed by atoms with Crippen molar-refractivity contribution in [3.63, 3.8) is 0 Å². The van der Waals surface area contributed by atoms with Gasteiger partial charge in [-0.05, 0) is 0 Å². The van der Waals surface area contributed by atoms with Crippen molar-refractivity contribution in [3.05, 3.63) is 12.7 Å². The van der Waals surface area contributed by atoms with Crippen LogP contribution in [0, 0.1) is 5.92 Å². The fourth-order valence-electron chi connectivity index (χ4n) is 1.50. The minimum Gasteiger partial charge on any atom is -0.396 e. The van der Waals surface area contributed by atoms with Crippen LogP contribution in [0.1, 0.15) is 0 Å². The van der Waals surface area contributed by atoms with E-state index in [1.54, 1.807) is 0 Å². The number of aliphatic hydroxyl groups excluding tert-OH is 1. The summed E-state index contributed by atoms with van der Waals surface area (Å²) in [5.41, 5.74) is 0. The van der Waals surface area contributed by atoms with Crippen molar-refractivity contribution >= 4 is 11.9 Å². The van der Waals surface area contributed by atoms with E-state index in [1.807, 2.05) is 4.90 Å². The number of nitrogens with zero attached hydrogens (tertiary/aromatic N) is 1. The standard InChI is InChI=1S/C10H17N3O3/c1-2-3-11-10(16)12-9(15)6-13-4-8(5-13)7-14/h2,8,14H,1,3-7H2,(H2,11,12,15,16). The van der Waals surface area contributed by atoms with E-state index in [0.29, 0.717) is 19.6 Å². The summed E-state index contributed by atoms with van der Waals surface area (Å²) in [6, 6.07) is -0.510. The molecule has 3 N–H and O–H groups in total. The molecular weight excluding hydrogens is 210 g/mol. The van der Waals surface area contributed by atoms with Crippen LogP contribution in [0.2, 0.25) is 0 Å². The molecule has 3 amide bonds. The van der Waals surface area contributed by atoms with Crippen molar-refractivity contribution < 1.29 is 14.7 Å². The second kappa shape index (κ2) is 6.24. The van der Waals surface area contributed by atoms with Crippen molar-refractivity contribution in [2.45, 2.75) is 0 Å². The Morgan fingerprint density at radius 2 is 2.19 bits per heavy atom. The van der Waals surface area contributed by atoms with Gasteiger partial charge in [-0.25, -0.2) is 4.79 Å². The largest absolute Gasteiger partial charge is 0.396 e. The second-order valence-corrected chi connectivity index (χ2v) is 3.79. The molecule has 1 aliphatic heterocycles. The van der Waals surface area contributed by atoms with Gasteiger partial charge in [-0.15, -0.1) is 6.58 Å². The highest BCUT2D eigenvalue weighted by Gasteiger charge is 2.27. The smallest absolute Gasteiger partial charge is 0.321 e. The zero-order valence-corrected chi connectivity index (χ0v) is 9.11. The van der Waals surface area contributed by atoms with Gasteiger partial charge < -0.3 is 10.4 Å². The highest BCUT2D eigenvalue weighted by atomic mass is 16.3. The van der Waals surface area contributed by atoms with E-state index in [0.717, 1.165) is 0 Å². The van der Waals surface area contributed by atoms with Crippen LogP contribution in [-0.2, 0) is 4.79 Å². The first-order valence-electron chi connectivity index (χ1n) is 5.17. The van der Waals surface area contributed by atoms with Crippen molar-refractivity contribution in [2.24, 2.45) is 5.92 Å². The molecule has 0 radical (unpaired) electrons. The number of aliphatic hydroxyl groups is 1. The van der Waals surface area contributed by atoms with E-state index < -0.39 is 6.03 Å². The van der Waals surface area contributed by atoms with Crippen LogP contribution >= 0.6 is 0 Å². The van der Waals surface area contributed by atoms with E-state index in [2.05, 4.69) is 17.2 Å². The Balaban J connectivity index is 2.12. The second-order valence-electron chi connectivity index (χ2n) is 3.79. The summed E-state index contributed by atoms with van der Waals surface area (Å²) in [5, 5.41) is 13.4. The summed E-state index contributed by atoms with van der Waals surface area (Å²) in [6.45, 7) is 5.53. The zero-order valence-electron chi connectivity index (χ0n) is 9.11. The maximum Gasteiger partial charge on any atom is 0.321 e. The van der Waals surface area contributed by atoms with Gasteiger partial charge in [-0.2, -0.15) is 0 Å². The molecule has 1 fully saturated rings. The van der Waals surface area contributed by atoms with Gasteiger partial charge in [0.2, 0.25) is 5.91 Å². The van der Waals surface area contributed by atoms with Crippen LogP contribution in [0.5, 0.6) is 0 Å². The van der Waals surface area contributed by atoms with Crippen molar-refractivity contribution in [1.29, 1.82) is 0 Å². The Kier molecular flexibility index (Phi) is 4.94. The first-order chi connectivity index (χ1) is 7.65. The minimum atomic E-state index is -0.510. The number of urea groups is 1. The van der Waals surface area contributed by atoms with Gasteiger partial charge in [0, 0.05) is 32.2 Å². The molecule has 1 aliphatic rings. The topological polar surface area (TPSA) is 81.7 Å². The van der Waals surface area contributed by atoms with Crippen LogP contribution in [0.15, 0.2) is 12.7 Å². The van der Waals surface area contributed by atoms with Crippen LogP contribution in [-0.4, -0.2) is 54.7 Å². The van der Waals surface area contributed by atoms with Crippen LogP contribution in [0.3, 0.4) is 0 Å². The summed E-state index contributed by atoms with van der Waals surface area (Å²) in [6.07, 6.45) is 1.53. The van der Waals surface area contributed by atoms with Crippen molar-refractivity contribution in [1.82, 2.24) is 15.5 Å². The average Bonchev–Trinajstić information content (AvgIpc) is 2.19. The van der Waals surface area contributed by atoms with Crippen LogP contribution in [0.4, 0.5) is 4.79 Å². The Morgan fingerprint density at radius 1 is 1.50 bits per heavy atom. The molecule has 90 valence electrons. The molecule has 1 rings (SSSR count). The summed E-state index contributed by atoms with van der Waals surface area (Å²) in [4.78, 5) is 24.3. The average molecular weight is 227 g/mol. The van der Waals surface area contributed by atoms with E-state index in [9.17, 15) is 9.59 Å². The lowest BCUT2D eigenvalue weighted by molar-refractivity contribution is -0.123. The molecule has 0 bridgehead atoms. The van der Waals surface area contributed by atoms with Gasteiger partial charge in [0.1, 0.15) is 0 Å². The number of likely N-dealkylation sites (tertiary alicyclic amines) is 1. The fraction of sp³-hybridized carbons (Fsp3) is 0.600. The molecule has 0 aromatic carbocycles. The third-order valence-electron chi connectivity index (χ3n) is 2.32. The van der Waals surface area contributed by atoms with Crippen LogP contribution in [0.25, 0.3) is 0 Å². The molecular formula is C10H17N3O3. The zero-order chi connectivity index (χ0) is 12.0. The van der Waals surface area contributed by atoms with E-state index in [-0.39, 0.29) is 25.0 Å². The molecule has 16 heavy (non-hydrogen) atoms. The first kappa shape index (κ1) is 12.7. The molecule has 1 saturated heterocycles. The number of hydrogen-bond donors (Lipinski definition) is 3. The number of hydrogen-bond acceptors (Lipinski definition) is 4. The lowest BCUT2D eigenvalue weighted by Gasteiger charge is -2.37. The lowest BCUT2D eigenvalue weighted by atomic mass is 10.0. The predicted molar refractivity (Wildman–Crippen MR) is 58.8 cm³/mol. The van der Waals surface area contributed by atoms with Gasteiger partial charge >= 0.3 is 6.03 Å². The summed E-state index contributed by atoms with van der Waals surface area (Å²) in [7, 11) is 0. The molecule has 0 saturated carbocycles. The quantitative estimate of drug-likeness (QED) is 0.522. The third-order valence-corrected chi connectivity index (χ3v) is 2.32. The van der Waals surface area contributed by atoms with Gasteiger partial charge in [0.25, 0.3) is 0 Å². The number of amides is 3. The molecule has 0 aliphatic carbocycles. The number of carbonyl (C=O) groups is 2. The SMILES string of the molecule is C=CCNC(=O)NC(=O)CN1CC(CO)C1. The van der Waals surface area contributed by atoms with Gasteiger partial charge in [-0.1, -0.05) is 6.08 Å². The summed E-state index contributed by atoms with van der Waals surface area (Å²) in [5.74, 6) is -0.0691. The fourth-order valence-corrected chi connectivity index (χ4v) is 1.50. The molecule has 0 spiro atoms. The van der Waals surface area contributed by atoms with Gasteiger partial charge in [0.15, 0.2) is 0 Å².